The quantitative estimate of drug-likeness (QED) is 0.196. The average molecular weight is 614 g/mol. The lowest BCUT2D eigenvalue weighted by atomic mass is 9.72. The summed E-state index contributed by atoms with van der Waals surface area (Å²) < 4.78 is 17.3. The third-order valence-electron chi connectivity index (χ3n) is 8.58. The van der Waals surface area contributed by atoms with Crippen molar-refractivity contribution in [3.05, 3.63) is 51.6 Å². The summed E-state index contributed by atoms with van der Waals surface area (Å²) in [6, 6.07) is 3.56. The zero-order valence-electron chi connectivity index (χ0n) is 24.5. The highest BCUT2D eigenvalue weighted by Gasteiger charge is 2.50. The molecule has 13 nitrogen and oxygen atoms in total. The first-order valence-electron chi connectivity index (χ1n) is 14.4. The lowest BCUT2D eigenvalue weighted by Gasteiger charge is -2.43. The Labute approximate surface area is 252 Å². The molecular weight excluding hydrogens is 578 g/mol. The number of carbonyl (C=O) groups excluding carboxylic acids is 4. The van der Waals surface area contributed by atoms with E-state index in [2.05, 4.69) is 5.32 Å². The fraction of sp³-hybridized carbons (Fsp3) is 0.484. The summed E-state index contributed by atoms with van der Waals surface area (Å²) in [6.07, 6.45) is -4.82. The van der Waals surface area contributed by atoms with Crippen molar-refractivity contribution in [3.63, 3.8) is 0 Å². The summed E-state index contributed by atoms with van der Waals surface area (Å²) in [6.45, 7) is 2.35. The minimum atomic E-state index is -2.29. The van der Waals surface area contributed by atoms with E-state index in [9.17, 15) is 44.7 Å². The van der Waals surface area contributed by atoms with Crippen molar-refractivity contribution in [1.82, 2.24) is 5.32 Å². The molecular formula is C31H35NO12. The molecule has 0 bridgehead atoms. The maximum atomic E-state index is 13.8. The minimum Gasteiger partial charge on any atom is -0.507 e. The number of phenolic OH excluding ortho intramolecular Hbond substituents is 2. The number of fused-ring (bicyclic) bond motifs is 3. The first-order valence-corrected chi connectivity index (χ1v) is 14.4. The highest BCUT2D eigenvalue weighted by Crippen LogP contribution is 2.52. The summed E-state index contributed by atoms with van der Waals surface area (Å²) in [5.41, 5.74) is -3.82. The van der Waals surface area contributed by atoms with Gasteiger partial charge in [0.25, 0.3) is 0 Å². The first-order chi connectivity index (χ1) is 20.9. The minimum absolute atomic E-state index is 0.0567. The van der Waals surface area contributed by atoms with Gasteiger partial charge in [-0.15, -0.1) is 0 Å². The van der Waals surface area contributed by atoms with Crippen LogP contribution in [0.25, 0.3) is 0 Å². The fourth-order valence-corrected chi connectivity index (χ4v) is 6.36. The van der Waals surface area contributed by atoms with Crippen molar-refractivity contribution in [2.75, 3.05) is 13.7 Å². The zero-order chi connectivity index (χ0) is 32.1. The maximum Gasteiger partial charge on any atom is 0.220 e. The third kappa shape index (κ3) is 5.14. The van der Waals surface area contributed by atoms with E-state index >= 15 is 0 Å². The van der Waals surface area contributed by atoms with Crippen molar-refractivity contribution in [2.45, 2.75) is 82.2 Å². The summed E-state index contributed by atoms with van der Waals surface area (Å²) in [5.74, 6) is -4.20. The number of rotatable bonds is 8. The fourth-order valence-electron chi connectivity index (χ4n) is 6.36. The van der Waals surface area contributed by atoms with Crippen LogP contribution in [0, 0.1) is 0 Å². The molecule has 44 heavy (non-hydrogen) atoms. The predicted octanol–water partition coefficient (Wildman–Crippen LogP) is 0.959. The van der Waals surface area contributed by atoms with Gasteiger partial charge < -0.3 is 45.1 Å². The molecule has 236 valence electrons. The largest absolute Gasteiger partial charge is 0.507 e. The molecule has 1 amide bonds. The number of aromatic hydroxyl groups is 2. The lowest BCUT2D eigenvalue weighted by Crippen LogP contribution is -2.55. The average Bonchev–Trinajstić information content (AvgIpc) is 2.99. The second-order valence-electron chi connectivity index (χ2n) is 11.4. The molecule has 1 fully saturated rings. The van der Waals surface area contributed by atoms with Crippen LogP contribution in [-0.4, -0.2) is 92.6 Å². The molecule has 13 heteroatoms. The molecule has 2 aromatic carbocycles. The van der Waals surface area contributed by atoms with Crippen LogP contribution < -0.4 is 10.1 Å². The van der Waals surface area contributed by atoms with E-state index in [1.54, 1.807) is 6.92 Å². The first kappa shape index (κ1) is 31.5. The van der Waals surface area contributed by atoms with Crippen LogP contribution in [0.5, 0.6) is 17.2 Å². The molecule has 0 radical (unpaired) electrons. The SMILES string of the molecule is CCCC(=O)NC1CC(OC2CC(O)(C(=O)CO)Cc3c(O)c4c(c(O)c32)C(=O)c2c(OC)cccc2C4=O)OC(C)C1O. The summed E-state index contributed by atoms with van der Waals surface area (Å²) in [7, 11) is 1.32. The summed E-state index contributed by atoms with van der Waals surface area (Å²) in [4.78, 5) is 52.4. The molecule has 1 aliphatic heterocycles. The Bertz CT molecular complexity index is 1540. The zero-order valence-corrected chi connectivity index (χ0v) is 24.5. The van der Waals surface area contributed by atoms with E-state index in [0.717, 1.165) is 0 Å². The van der Waals surface area contributed by atoms with Gasteiger partial charge in [-0.25, -0.2) is 0 Å². The van der Waals surface area contributed by atoms with Gasteiger partial charge in [0.05, 0.1) is 42.0 Å². The van der Waals surface area contributed by atoms with Gasteiger partial charge in [0, 0.05) is 42.4 Å². The Hall–Kier alpha value is -3.88. The number of nitrogens with one attached hydrogen (secondary N) is 1. The molecule has 6 atom stereocenters. The van der Waals surface area contributed by atoms with Gasteiger partial charge in [-0.1, -0.05) is 19.1 Å². The normalized spacial score (nSPS) is 27.6. The van der Waals surface area contributed by atoms with Crippen molar-refractivity contribution >= 4 is 23.3 Å². The number of phenols is 2. The second kappa shape index (κ2) is 11.9. The smallest absolute Gasteiger partial charge is 0.220 e. The number of Topliss-reactive ketones (excluding diaryl/α,β-unsaturated/α-hetero) is 1. The van der Waals surface area contributed by atoms with Gasteiger partial charge >= 0.3 is 0 Å². The molecule has 1 heterocycles. The molecule has 2 aromatic rings. The summed E-state index contributed by atoms with van der Waals surface area (Å²) >= 11 is 0. The molecule has 6 N–H and O–H groups in total. The van der Waals surface area contributed by atoms with Gasteiger partial charge in [-0.05, 0) is 19.4 Å². The molecule has 3 aliphatic rings. The van der Waals surface area contributed by atoms with Crippen LogP contribution in [0.3, 0.4) is 0 Å². The Morgan fingerprint density at radius 2 is 1.82 bits per heavy atom. The number of ether oxygens (including phenoxy) is 3. The Morgan fingerprint density at radius 3 is 2.48 bits per heavy atom. The number of aliphatic hydroxyl groups excluding tert-OH is 2. The Kier molecular flexibility index (Phi) is 8.53. The molecule has 0 saturated carbocycles. The number of hydrogen-bond acceptors (Lipinski definition) is 12. The number of methoxy groups -OCH3 is 1. The van der Waals surface area contributed by atoms with Gasteiger partial charge in [0.2, 0.25) is 11.7 Å². The van der Waals surface area contributed by atoms with E-state index in [1.807, 2.05) is 6.92 Å². The summed E-state index contributed by atoms with van der Waals surface area (Å²) in [5, 5.41) is 57.5. The highest BCUT2D eigenvalue weighted by atomic mass is 16.7. The third-order valence-corrected chi connectivity index (χ3v) is 8.58. The monoisotopic (exact) mass is 613 g/mol. The van der Waals surface area contributed by atoms with Crippen molar-refractivity contribution < 1.29 is 58.9 Å². The molecule has 1 saturated heterocycles. The Morgan fingerprint density at radius 1 is 1.11 bits per heavy atom. The Balaban J connectivity index is 1.61. The number of amides is 1. The van der Waals surface area contributed by atoms with Crippen LogP contribution in [0.2, 0.25) is 0 Å². The highest BCUT2D eigenvalue weighted by molar-refractivity contribution is 6.31. The van der Waals surface area contributed by atoms with Crippen LogP contribution in [0.1, 0.15) is 88.6 Å². The molecule has 6 unspecified atom stereocenters. The maximum absolute atomic E-state index is 13.8. The topological polar surface area (TPSA) is 209 Å². The van der Waals surface area contributed by atoms with E-state index in [0.29, 0.717) is 6.42 Å². The lowest BCUT2D eigenvalue weighted by molar-refractivity contribution is -0.249. The van der Waals surface area contributed by atoms with Crippen LogP contribution in [0.15, 0.2) is 18.2 Å². The van der Waals surface area contributed by atoms with Crippen LogP contribution in [-0.2, 0) is 25.5 Å². The standard InChI is InChI=1S/C31H35NO12/c1-4-6-20(35)32-16-9-21(43-13(2)26(16)36)44-18-11-31(41,19(34)12-33)10-15-23(18)30(40)25-24(28(15)38)27(37)14-7-5-8-17(42-3)22(14)29(25)39/h5,7-8,13,16,18,21,26,33,36,38,40-41H,4,6,9-12H2,1-3H3,(H,32,35). The van der Waals surface area contributed by atoms with E-state index in [-0.39, 0.29) is 46.8 Å². The van der Waals surface area contributed by atoms with E-state index in [1.165, 1.54) is 25.3 Å². The van der Waals surface area contributed by atoms with Gasteiger partial charge in [-0.3, -0.25) is 19.2 Å². The van der Waals surface area contributed by atoms with Gasteiger partial charge in [0.15, 0.2) is 17.9 Å². The van der Waals surface area contributed by atoms with Crippen LogP contribution >= 0.6 is 0 Å². The van der Waals surface area contributed by atoms with Crippen molar-refractivity contribution in [1.29, 1.82) is 0 Å². The number of aliphatic hydroxyl groups is 3. The number of benzene rings is 2. The molecule has 0 aromatic heterocycles. The van der Waals surface area contributed by atoms with Crippen molar-refractivity contribution in [2.24, 2.45) is 0 Å². The number of hydrogen-bond donors (Lipinski definition) is 6. The van der Waals surface area contributed by atoms with Crippen LogP contribution in [0.4, 0.5) is 0 Å². The number of ketones is 3. The predicted molar refractivity (Wildman–Crippen MR) is 151 cm³/mol. The molecule has 0 spiro atoms. The number of carbonyl (C=O) groups is 4. The second-order valence-corrected chi connectivity index (χ2v) is 11.4. The van der Waals surface area contributed by atoms with E-state index in [4.69, 9.17) is 14.2 Å². The van der Waals surface area contributed by atoms with Gasteiger partial charge in [0.1, 0.15) is 35.6 Å². The van der Waals surface area contributed by atoms with Crippen molar-refractivity contribution in [3.8, 4) is 17.2 Å². The van der Waals surface area contributed by atoms with Gasteiger partial charge in [-0.2, -0.15) is 0 Å². The molecule has 5 rings (SSSR count). The van der Waals surface area contributed by atoms with E-state index < -0.39 is 95.7 Å². The molecule has 2 aliphatic carbocycles.